The van der Waals surface area contributed by atoms with Crippen LogP contribution < -0.4 is 15.4 Å². The maximum absolute atomic E-state index is 12.5. The van der Waals surface area contributed by atoms with E-state index >= 15 is 0 Å². The van der Waals surface area contributed by atoms with Crippen LogP contribution in [0.4, 0.5) is 13.2 Å². The molecule has 3 unspecified atom stereocenters. The number of rotatable bonds is 6. The lowest BCUT2D eigenvalue weighted by Gasteiger charge is -2.30. The van der Waals surface area contributed by atoms with E-state index < -0.39 is 17.2 Å². The van der Waals surface area contributed by atoms with Crippen LogP contribution in [0.25, 0.3) is 0 Å². The van der Waals surface area contributed by atoms with Crippen LogP contribution >= 0.6 is 24.0 Å². The number of halogens is 4. The van der Waals surface area contributed by atoms with Gasteiger partial charge in [0.1, 0.15) is 5.75 Å². The molecule has 0 amide bonds. The minimum atomic E-state index is -4.73. The number of nitrogens with one attached hydrogen (secondary N) is 2. The predicted molar refractivity (Wildman–Crippen MR) is 117 cm³/mol. The first-order chi connectivity index (χ1) is 12.8. The van der Waals surface area contributed by atoms with Gasteiger partial charge in [-0.05, 0) is 25.3 Å². The first-order valence-electron chi connectivity index (χ1n) is 9.00. The lowest BCUT2D eigenvalue weighted by molar-refractivity contribution is -0.274. The van der Waals surface area contributed by atoms with Crippen LogP contribution in [-0.4, -0.2) is 40.6 Å². The van der Waals surface area contributed by atoms with Crippen LogP contribution in [0.15, 0.2) is 29.3 Å². The number of ether oxygens (including phenoxy) is 1. The van der Waals surface area contributed by atoms with Crippen molar-refractivity contribution in [3.8, 4) is 5.75 Å². The van der Waals surface area contributed by atoms with Crippen LogP contribution in [-0.2, 0) is 17.3 Å². The van der Waals surface area contributed by atoms with Crippen molar-refractivity contribution in [2.75, 3.05) is 12.8 Å². The van der Waals surface area contributed by atoms with Crippen LogP contribution in [0.1, 0.15) is 38.2 Å². The van der Waals surface area contributed by atoms with Crippen molar-refractivity contribution >= 4 is 40.7 Å². The SMILES string of the molecule is CCS(=O)C1CCCC(NC(=NC)NCc2ccccc2OC(F)(F)F)C1.I. The Morgan fingerprint density at radius 3 is 2.68 bits per heavy atom. The average Bonchev–Trinajstić information content (AvgIpc) is 2.64. The Morgan fingerprint density at radius 2 is 2.04 bits per heavy atom. The highest BCUT2D eigenvalue weighted by molar-refractivity contribution is 14.0. The topological polar surface area (TPSA) is 62.7 Å². The predicted octanol–water partition coefficient (Wildman–Crippen LogP) is 3.95. The average molecular weight is 533 g/mol. The quantitative estimate of drug-likeness (QED) is 0.331. The molecule has 160 valence electrons. The highest BCUT2D eigenvalue weighted by atomic mass is 127. The second-order valence-corrected chi connectivity index (χ2v) is 8.39. The molecule has 3 atom stereocenters. The molecule has 1 saturated carbocycles. The molecule has 0 saturated heterocycles. The summed E-state index contributed by atoms with van der Waals surface area (Å²) in [5, 5.41) is 6.51. The Labute approximate surface area is 183 Å². The number of para-hydroxylation sites is 1. The Hall–Kier alpha value is -1.04. The smallest absolute Gasteiger partial charge is 0.405 e. The summed E-state index contributed by atoms with van der Waals surface area (Å²) in [5.41, 5.74) is 0.381. The number of aliphatic imine (C=N–C) groups is 1. The van der Waals surface area contributed by atoms with Gasteiger partial charge in [0.15, 0.2) is 5.96 Å². The standard InChI is InChI=1S/C18H26F3N3O2S.HI/c1-3-27(25)15-9-6-8-14(11-15)24-17(22-2)23-12-13-7-4-5-10-16(13)26-18(19,20)21;/h4-5,7,10,14-15H,3,6,8-9,11-12H2,1-2H3,(H2,22,23,24);1H. The summed E-state index contributed by atoms with van der Waals surface area (Å²) in [6, 6.07) is 6.15. The fourth-order valence-electron chi connectivity index (χ4n) is 3.19. The zero-order valence-corrected chi connectivity index (χ0v) is 19.1. The lowest BCUT2D eigenvalue weighted by Crippen LogP contribution is -2.46. The first kappa shape index (κ1) is 25.0. The van der Waals surface area contributed by atoms with Gasteiger partial charge in [-0.15, -0.1) is 37.1 Å². The van der Waals surface area contributed by atoms with Crippen LogP contribution in [0, 0.1) is 0 Å². The number of hydrogen-bond donors (Lipinski definition) is 2. The molecule has 0 spiro atoms. The Bertz CT molecular complexity index is 674. The number of nitrogens with zero attached hydrogens (tertiary/aromatic N) is 1. The molecule has 0 bridgehead atoms. The van der Waals surface area contributed by atoms with E-state index in [0.717, 1.165) is 25.7 Å². The molecule has 0 heterocycles. The third-order valence-electron chi connectivity index (χ3n) is 4.49. The number of benzene rings is 1. The van der Waals surface area contributed by atoms with Crippen molar-refractivity contribution < 1.29 is 22.1 Å². The molecule has 2 rings (SSSR count). The molecule has 1 aliphatic rings. The van der Waals surface area contributed by atoms with Gasteiger partial charge in [-0.1, -0.05) is 31.5 Å². The fraction of sp³-hybridized carbons (Fsp3) is 0.611. The first-order valence-corrected chi connectivity index (χ1v) is 10.4. The van der Waals surface area contributed by atoms with Crippen LogP contribution in [0.3, 0.4) is 0 Å². The van der Waals surface area contributed by atoms with E-state index in [-0.39, 0.29) is 47.6 Å². The van der Waals surface area contributed by atoms with E-state index in [1.54, 1.807) is 19.2 Å². The van der Waals surface area contributed by atoms with E-state index in [4.69, 9.17) is 0 Å². The second kappa shape index (κ2) is 11.8. The largest absolute Gasteiger partial charge is 0.573 e. The molecule has 28 heavy (non-hydrogen) atoms. The molecule has 0 aromatic heterocycles. The normalized spacial score (nSPS) is 21.4. The van der Waals surface area contributed by atoms with E-state index in [2.05, 4.69) is 20.4 Å². The van der Waals surface area contributed by atoms with Crippen LogP contribution in [0.2, 0.25) is 0 Å². The summed E-state index contributed by atoms with van der Waals surface area (Å²) >= 11 is 0. The molecule has 0 aliphatic heterocycles. The van der Waals surface area contributed by atoms with Gasteiger partial charge in [0.25, 0.3) is 0 Å². The van der Waals surface area contributed by atoms with E-state index in [9.17, 15) is 17.4 Å². The summed E-state index contributed by atoms with van der Waals surface area (Å²) in [4.78, 5) is 4.15. The van der Waals surface area contributed by atoms with Crippen molar-refractivity contribution in [3.63, 3.8) is 0 Å². The van der Waals surface area contributed by atoms with Gasteiger partial charge in [-0.3, -0.25) is 9.20 Å². The fourth-order valence-corrected chi connectivity index (χ4v) is 4.54. The lowest BCUT2D eigenvalue weighted by atomic mass is 9.95. The van der Waals surface area contributed by atoms with Crippen molar-refractivity contribution in [1.82, 2.24) is 10.6 Å². The Balaban J connectivity index is 0.00000392. The summed E-state index contributed by atoms with van der Waals surface area (Å²) in [7, 11) is 0.788. The zero-order chi connectivity index (χ0) is 19.9. The summed E-state index contributed by atoms with van der Waals surface area (Å²) in [5.74, 6) is 0.925. The van der Waals surface area contributed by atoms with Crippen molar-refractivity contribution in [2.24, 2.45) is 4.99 Å². The van der Waals surface area contributed by atoms with Gasteiger partial charge in [-0.25, -0.2) is 0 Å². The third-order valence-corrected chi connectivity index (χ3v) is 6.23. The van der Waals surface area contributed by atoms with E-state index in [1.165, 1.54) is 12.1 Å². The van der Waals surface area contributed by atoms with E-state index in [0.29, 0.717) is 17.3 Å². The maximum Gasteiger partial charge on any atom is 0.573 e. The molecule has 1 aliphatic carbocycles. The zero-order valence-electron chi connectivity index (χ0n) is 15.9. The molecule has 1 fully saturated rings. The highest BCUT2D eigenvalue weighted by Gasteiger charge is 2.32. The summed E-state index contributed by atoms with van der Waals surface area (Å²) < 4.78 is 53.7. The monoisotopic (exact) mass is 533 g/mol. The minimum Gasteiger partial charge on any atom is -0.405 e. The number of hydrogen-bond acceptors (Lipinski definition) is 3. The molecule has 5 nitrogen and oxygen atoms in total. The van der Waals surface area contributed by atoms with Crippen molar-refractivity contribution in [1.29, 1.82) is 0 Å². The summed E-state index contributed by atoms with van der Waals surface area (Å²) in [6.45, 7) is 2.07. The van der Waals surface area contributed by atoms with Crippen LogP contribution in [0.5, 0.6) is 5.75 Å². The molecule has 10 heteroatoms. The number of guanidine groups is 1. The molecule has 1 aromatic rings. The van der Waals surface area contributed by atoms with Gasteiger partial charge < -0.3 is 15.4 Å². The van der Waals surface area contributed by atoms with E-state index in [1.807, 2.05) is 6.92 Å². The minimum absolute atomic E-state index is 0. The summed E-state index contributed by atoms with van der Waals surface area (Å²) in [6.07, 6.45) is -1.02. The molecule has 2 N–H and O–H groups in total. The van der Waals surface area contributed by atoms with Gasteiger partial charge >= 0.3 is 6.36 Å². The number of alkyl halides is 3. The van der Waals surface area contributed by atoms with Gasteiger partial charge in [0.05, 0.1) is 0 Å². The van der Waals surface area contributed by atoms with Gasteiger partial charge in [0, 0.05) is 47.0 Å². The highest BCUT2D eigenvalue weighted by Crippen LogP contribution is 2.26. The van der Waals surface area contributed by atoms with Gasteiger partial charge in [-0.2, -0.15) is 0 Å². The maximum atomic E-state index is 12.5. The van der Waals surface area contributed by atoms with Crippen molar-refractivity contribution in [3.05, 3.63) is 29.8 Å². The molecular formula is C18H27F3IN3O2S. The third kappa shape index (κ3) is 8.14. The van der Waals surface area contributed by atoms with Crippen molar-refractivity contribution in [2.45, 2.75) is 56.8 Å². The Kier molecular flexibility index (Phi) is 10.6. The molecule has 0 radical (unpaired) electrons. The molecule has 1 aromatic carbocycles. The molecular weight excluding hydrogens is 506 g/mol. The second-order valence-electron chi connectivity index (χ2n) is 6.38. The Morgan fingerprint density at radius 1 is 1.32 bits per heavy atom. The van der Waals surface area contributed by atoms with Gasteiger partial charge in [0.2, 0.25) is 0 Å².